The molecule has 0 N–H and O–H groups in total. The van der Waals surface area contributed by atoms with Gasteiger partial charge in [0.15, 0.2) is 0 Å². The first-order valence-electron chi connectivity index (χ1n) is 17.5. The van der Waals surface area contributed by atoms with Crippen molar-refractivity contribution >= 4 is 17.6 Å². The Balaban J connectivity index is 0.00000248. The number of quaternary nitrogens is 1. The molecule has 4 nitrogen and oxygen atoms in total. The van der Waals surface area contributed by atoms with Crippen molar-refractivity contribution in [2.45, 2.75) is 135 Å². The van der Waals surface area contributed by atoms with Crippen LogP contribution in [0, 0.1) is 0 Å². The van der Waals surface area contributed by atoms with E-state index in [1.165, 1.54) is 89.0 Å². The van der Waals surface area contributed by atoms with Crippen molar-refractivity contribution in [3.05, 3.63) is 58.6 Å². The topological polar surface area (TPSA) is 35.5 Å². The Morgan fingerprint density at radius 3 is 1.88 bits per heavy atom. The predicted octanol–water partition coefficient (Wildman–Crippen LogP) is 11.6. The van der Waals surface area contributed by atoms with E-state index in [9.17, 15) is 4.79 Å². The third-order valence-corrected chi connectivity index (χ3v) is 9.43. The highest BCUT2D eigenvalue weighted by Gasteiger charge is 2.48. The molecular formula is C38H59ClNO3+. The van der Waals surface area contributed by atoms with Crippen molar-refractivity contribution in [3.8, 4) is 11.5 Å². The molecule has 1 saturated heterocycles. The van der Waals surface area contributed by atoms with E-state index < -0.39 is 0 Å². The SMILES string of the molecule is CC.CCCCCCCCCCCCCCCCCC(=O)OC[N+]1(C)CC2c3ccccc3Oc3ccc(Cl)cc3C2C1. The fourth-order valence-electron chi connectivity index (χ4n) is 6.86. The van der Waals surface area contributed by atoms with Gasteiger partial charge in [0.2, 0.25) is 6.73 Å². The molecule has 0 aliphatic carbocycles. The third kappa shape index (κ3) is 11.4. The number of unbranched alkanes of at least 4 members (excludes halogenated alkanes) is 14. The van der Waals surface area contributed by atoms with Crippen LogP contribution in [-0.4, -0.2) is 37.3 Å². The Morgan fingerprint density at radius 2 is 1.28 bits per heavy atom. The number of carbonyl (C=O) groups excluding carboxylic acids is 1. The minimum Gasteiger partial charge on any atom is -0.457 e. The molecule has 2 heterocycles. The van der Waals surface area contributed by atoms with E-state index in [1.54, 1.807) is 0 Å². The summed E-state index contributed by atoms with van der Waals surface area (Å²) in [6.45, 7) is 8.50. The number of likely N-dealkylation sites (tertiary alicyclic amines) is 1. The summed E-state index contributed by atoms with van der Waals surface area (Å²) in [5, 5.41) is 0.730. The van der Waals surface area contributed by atoms with E-state index in [4.69, 9.17) is 21.1 Å². The first kappa shape index (κ1) is 35.4. The van der Waals surface area contributed by atoms with Crippen molar-refractivity contribution in [2.75, 3.05) is 26.9 Å². The normalized spacial score (nSPS) is 20.1. The average Bonchev–Trinajstić information content (AvgIpc) is 3.32. The minimum absolute atomic E-state index is 0.0571. The van der Waals surface area contributed by atoms with Crippen molar-refractivity contribution in [1.82, 2.24) is 0 Å². The summed E-state index contributed by atoms with van der Waals surface area (Å²) in [5.41, 5.74) is 2.39. The molecule has 3 atom stereocenters. The largest absolute Gasteiger partial charge is 0.457 e. The van der Waals surface area contributed by atoms with Crippen LogP contribution in [0.5, 0.6) is 11.5 Å². The lowest BCUT2D eigenvalue weighted by Crippen LogP contribution is -2.44. The summed E-state index contributed by atoms with van der Waals surface area (Å²) in [4.78, 5) is 12.6. The fraction of sp³-hybridized carbons (Fsp3) is 0.658. The number of halogens is 1. The first-order valence-corrected chi connectivity index (χ1v) is 17.9. The lowest BCUT2D eigenvalue weighted by atomic mass is 9.84. The Bertz CT molecular complexity index is 1090. The van der Waals surface area contributed by atoms with Crippen molar-refractivity contribution in [3.63, 3.8) is 0 Å². The zero-order valence-corrected chi connectivity index (χ0v) is 28.4. The van der Waals surface area contributed by atoms with E-state index in [0.717, 1.165) is 48.0 Å². The van der Waals surface area contributed by atoms with E-state index in [1.807, 2.05) is 32.0 Å². The number of benzene rings is 2. The molecule has 5 heteroatoms. The molecule has 0 amide bonds. The molecule has 3 unspecified atom stereocenters. The van der Waals surface area contributed by atoms with Gasteiger partial charge in [0.25, 0.3) is 0 Å². The molecule has 2 aliphatic heterocycles. The van der Waals surface area contributed by atoms with Gasteiger partial charge in [-0.3, -0.25) is 9.28 Å². The maximum Gasteiger partial charge on any atom is 0.310 e. The summed E-state index contributed by atoms with van der Waals surface area (Å²) in [5.74, 6) is 2.31. The number of nitrogens with zero attached hydrogens (tertiary/aromatic N) is 1. The van der Waals surface area contributed by atoms with E-state index in [-0.39, 0.29) is 11.9 Å². The minimum atomic E-state index is -0.0571. The van der Waals surface area contributed by atoms with Crippen LogP contribution in [0.3, 0.4) is 0 Å². The maximum absolute atomic E-state index is 12.6. The number of hydrogen-bond donors (Lipinski definition) is 0. The molecule has 0 saturated carbocycles. The second-order valence-corrected chi connectivity index (χ2v) is 13.3. The number of likely N-dealkylation sites (N-methyl/N-ethyl adjacent to an activating group) is 1. The smallest absolute Gasteiger partial charge is 0.310 e. The van der Waals surface area contributed by atoms with Crippen LogP contribution in [0.25, 0.3) is 0 Å². The summed E-state index contributed by atoms with van der Waals surface area (Å²) in [6, 6.07) is 14.3. The van der Waals surface area contributed by atoms with Crippen LogP contribution < -0.4 is 4.74 Å². The molecule has 0 spiro atoms. The Morgan fingerprint density at radius 1 is 0.767 bits per heavy atom. The summed E-state index contributed by atoms with van der Waals surface area (Å²) >= 11 is 6.41. The molecule has 2 aliphatic rings. The zero-order chi connectivity index (χ0) is 30.9. The Kier molecular flexibility index (Phi) is 16.0. The number of para-hydroxylation sites is 1. The van der Waals surface area contributed by atoms with Crippen LogP contribution in [0.1, 0.15) is 146 Å². The van der Waals surface area contributed by atoms with Crippen LogP contribution >= 0.6 is 11.6 Å². The third-order valence-electron chi connectivity index (χ3n) is 9.19. The van der Waals surface area contributed by atoms with E-state index in [2.05, 4.69) is 38.2 Å². The molecule has 1 fully saturated rings. The number of rotatable bonds is 18. The summed E-state index contributed by atoms with van der Waals surface area (Å²) in [7, 11) is 2.21. The second-order valence-electron chi connectivity index (χ2n) is 12.9. The van der Waals surface area contributed by atoms with Crippen molar-refractivity contribution < 1.29 is 18.8 Å². The number of carbonyl (C=O) groups is 1. The summed E-state index contributed by atoms with van der Waals surface area (Å²) in [6.07, 6.45) is 20.4. The molecule has 240 valence electrons. The van der Waals surface area contributed by atoms with Gasteiger partial charge >= 0.3 is 5.97 Å². The van der Waals surface area contributed by atoms with Gasteiger partial charge in [-0.1, -0.05) is 140 Å². The first-order chi connectivity index (χ1) is 21.0. The molecule has 43 heavy (non-hydrogen) atoms. The fourth-order valence-corrected chi connectivity index (χ4v) is 7.04. The Labute approximate surface area is 268 Å². The van der Waals surface area contributed by atoms with Crippen LogP contribution in [0.4, 0.5) is 0 Å². The van der Waals surface area contributed by atoms with Gasteiger partial charge in [0.1, 0.15) is 11.5 Å². The van der Waals surface area contributed by atoms with Gasteiger partial charge in [-0.15, -0.1) is 0 Å². The molecule has 2 aromatic carbocycles. The van der Waals surface area contributed by atoms with E-state index in [0.29, 0.717) is 23.6 Å². The molecule has 0 bridgehead atoms. The number of ether oxygens (including phenoxy) is 2. The zero-order valence-electron chi connectivity index (χ0n) is 27.7. The molecule has 2 aromatic rings. The van der Waals surface area contributed by atoms with Gasteiger partial charge < -0.3 is 9.47 Å². The number of fused-ring (bicyclic) bond motifs is 5. The summed E-state index contributed by atoms with van der Waals surface area (Å²) < 4.78 is 12.9. The van der Waals surface area contributed by atoms with Crippen molar-refractivity contribution in [2.24, 2.45) is 0 Å². The van der Waals surface area contributed by atoms with Gasteiger partial charge in [-0.25, -0.2) is 0 Å². The van der Waals surface area contributed by atoms with Crippen LogP contribution in [0.15, 0.2) is 42.5 Å². The predicted molar refractivity (Wildman–Crippen MR) is 181 cm³/mol. The van der Waals surface area contributed by atoms with E-state index >= 15 is 0 Å². The average molecular weight is 613 g/mol. The number of hydrogen-bond acceptors (Lipinski definition) is 3. The van der Waals surface area contributed by atoms with Gasteiger partial charge in [-0.05, 0) is 30.7 Å². The second kappa shape index (κ2) is 19.4. The van der Waals surface area contributed by atoms with Gasteiger partial charge in [-0.2, -0.15) is 0 Å². The Hall–Kier alpha value is -2.04. The monoisotopic (exact) mass is 612 g/mol. The maximum atomic E-state index is 12.6. The molecule has 0 aromatic heterocycles. The number of esters is 1. The van der Waals surface area contributed by atoms with Crippen LogP contribution in [0.2, 0.25) is 5.02 Å². The van der Waals surface area contributed by atoms with Gasteiger partial charge in [0.05, 0.1) is 20.1 Å². The molecule has 4 rings (SSSR count). The molecular weight excluding hydrogens is 554 g/mol. The lowest BCUT2D eigenvalue weighted by molar-refractivity contribution is -0.915. The van der Waals surface area contributed by atoms with Crippen LogP contribution in [-0.2, 0) is 9.53 Å². The lowest BCUT2D eigenvalue weighted by Gasteiger charge is -2.29. The van der Waals surface area contributed by atoms with Crippen molar-refractivity contribution in [1.29, 1.82) is 0 Å². The highest BCUT2D eigenvalue weighted by Crippen LogP contribution is 2.51. The molecule has 0 radical (unpaired) electrons. The quantitative estimate of drug-likeness (QED) is 0.0954. The van der Waals surface area contributed by atoms with Gasteiger partial charge in [0, 0.05) is 34.4 Å². The standard InChI is InChI=1S/C36H53ClNO3.C2H6/c1-3-4-5-6-7-8-9-10-11-12-13-14-15-16-17-22-36(39)40-28-38(2)26-32-30-20-18-19-21-34(30)41-35-24-23-29(37)25-31(35)33(32)27-38;1-2/h18-21,23-25,32-33H,3-17,22,26-28H2,1-2H3;1-2H3/q+1;. The highest BCUT2D eigenvalue weighted by molar-refractivity contribution is 6.30. The highest BCUT2D eigenvalue weighted by atomic mass is 35.5.